The van der Waals surface area contributed by atoms with Gasteiger partial charge >= 0.3 is 0 Å². The van der Waals surface area contributed by atoms with Gasteiger partial charge in [0.1, 0.15) is 5.75 Å². The number of piperidine rings is 1. The quantitative estimate of drug-likeness (QED) is 0.345. The van der Waals surface area contributed by atoms with Crippen LogP contribution in [0, 0.1) is 11.8 Å². The summed E-state index contributed by atoms with van der Waals surface area (Å²) in [6, 6.07) is 9.47. The first-order valence-corrected chi connectivity index (χ1v) is 12.5. The van der Waals surface area contributed by atoms with E-state index in [1.54, 1.807) is 37.5 Å². The molecule has 0 amide bonds. The van der Waals surface area contributed by atoms with Crippen molar-refractivity contribution in [3.63, 3.8) is 0 Å². The molecule has 1 aromatic carbocycles. The number of aliphatic hydroxyl groups excluding tert-OH is 2. The van der Waals surface area contributed by atoms with Crippen LogP contribution in [0.5, 0.6) is 5.75 Å². The Morgan fingerprint density at radius 1 is 1.15 bits per heavy atom. The SMILES string of the molecule is COc1ccc2nccc([C@@H](O)CC[C@@H]3CCN(CCSc4ncccn4)C[C@@H]3CO)c2c1. The van der Waals surface area contributed by atoms with E-state index >= 15 is 0 Å². The molecule has 0 bridgehead atoms. The van der Waals surface area contributed by atoms with Crippen molar-refractivity contribution in [1.82, 2.24) is 19.9 Å². The van der Waals surface area contributed by atoms with Gasteiger partial charge in [0.05, 0.1) is 18.7 Å². The molecule has 176 valence electrons. The maximum absolute atomic E-state index is 11.0. The smallest absolute Gasteiger partial charge is 0.187 e. The summed E-state index contributed by atoms with van der Waals surface area (Å²) in [6.07, 6.45) is 7.31. The molecular formula is C25H32N4O3S. The Morgan fingerprint density at radius 3 is 2.79 bits per heavy atom. The van der Waals surface area contributed by atoms with Gasteiger partial charge in [0.2, 0.25) is 0 Å². The van der Waals surface area contributed by atoms with Gasteiger partial charge < -0.3 is 19.8 Å². The number of aliphatic hydroxyl groups is 2. The summed E-state index contributed by atoms with van der Waals surface area (Å²) in [4.78, 5) is 15.4. The molecule has 0 spiro atoms. The molecule has 0 saturated carbocycles. The van der Waals surface area contributed by atoms with Crippen molar-refractivity contribution in [2.24, 2.45) is 11.8 Å². The number of hydrogen-bond acceptors (Lipinski definition) is 8. The molecule has 4 rings (SSSR count). The number of rotatable bonds is 10. The maximum Gasteiger partial charge on any atom is 0.187 e. The molecule has 3 aromatic rings. The van der Waals surface area contributed by atoms with Crippen molar-refractivity contribution in [1.29, 1.82) is 0 Å². The number of thioether (sulfide) groups is 1. The van der Waals surface area contributed by atoms with Crippen LogP contribution in [-0.4, -0.2) is 69.2 Å². The summed E-state index contributed by atoms with van der Waals surface area (Å²) in [5.74, 6) is 2.34. The fourth-order valence-corrected chi connectivity index (χ4v) is 5.47. The van der Waals surface area contributed by atoms with Gasteiger partial charge in [-0.25, -0.2) is 9.97 Å². The van der Waals surface area contributed by atoms with Gasteiger partial charge in [0.25, 0.3) is 0 Å². The number of ether oxygens (including phenoxy) is 1. The molecule has 1 saturated heterocycles. The van der Waals surface area contributed by atoms with Gasteiger partial charge in [-0.3, -0.25) is 4.98 Å². The summed E-state index contributed by atoms with van der Waals surface area (Å²) in [6.45, 7) is 3.05. The van der Waals surface area contributed by atoms with Crippen molar-refractivity contribution >= 4 is 22.7 Å². The summed E-state index contributed by atoms with van der Waals surface area (Å²) in [5, 5.41) is 22.8. The van der Waals surface area contributed by atoms with E-state index in [1.165, 1.54) is 0 Å². The van der Waals surface area contributed by atoms with E-state index in [2.05, 4.69) is 19.9 Å². The van der Waals surface area contributed by atoms with Crippen molar-refractivity contribution in [3.8, 4) is 5.75 Å². The second kappa shape index (κ2) is 11.7. The molecule has 7 nitrogen and oxygen atoms in total. The highest BCUT2D eigenvalue weighted by Gasteiger charge is 2.29. The zero-order valence-corrected chi connectivity index (χ0v) is 19.8. The summed E-state index contributed by atoms with van der Waals surface area (Å²) >= 11 is 1.67. The third-order valence-corrected chi connectivity index (χ3v) is 7.40. The Bertz CT molecular complexity index is 1020. The van der Waals surface area contributed by atoms with Gasteiger partial charge in [-0.2, -0.15) is 0 Å². The zero-order valence-electron chi connectivity index (χ0n) is 19.0. The Kier molecular flexibility index (Phi) is 8.50. The number of nitrogens with zero attached hydrogens (tertiary/aromatic N) is 4. The molecule has 3 heterocycles. The van der Waals surface area contributed by atoms with Crippen LogP contribution in [0.3, 0.4) is 0 Å². The maximum atomic E-state index is 11.0. The van der Waals surface area contributed by atoms with Crippen molar-refractivity contribution in [2.75, 3.05) is 39.1 Å². The standard InChI is InChI=1S/C25H32N4O3S/c1-32-20-4-5-23-22(15-20)21(7-11-26-23)24(31)6-3-18-8-12-29(16-19(18)17-30)13-14-33-25-27-9-2-10-28-25/h2,4-5,7,9-11,15,18-19,24,30-31H,3,6,8,12-14,16-17H2,1H3/t18-,19-,24+/m1/s1. The molecule has 2 aromatic heterocycles. The first kappa shape index (κ1) is 23.9. The van der Waals surface area contributed by atoms with Gasteiger partial charge in [-0.05, 0) is 73.5 Å². The van der Waals surface area contributed by atoms with Crippen LogP contribution < -0.4 is 4.74 Å². The van der Waals surface area contributed by atoms with Gasteiger partial charge in [-0.15, -0.1) is 0 Å². The Morgan fingerprint density at radius 2 is 2.00 bits per heavy atom. The molecule has 2 N–H and O–H groups in total. The second-order valence-corrected chi connectivity index (χ2v) is 9.61. The molecule has 3 atom stereocenters. The molecular weight excluding hydrogens is 436 g/mol. The normalized spacial score (nSPS) is 20.1. The minimum Gasteiger partial charge on any atom is -0.497 e. The van der Waals surface area contributed by atoms with E-state index in [-0.39, 0.29) is 12.5 Å². The number of aromatic nitrogens is 3. The van der Waals surface area contributed by atoms with Crippen molar-refractivity contribution in [2.45, 2.75) is 30.5 Å². The second-order valence-electron chi connectivity index (χ2n) is 8.55. The van der Waals surface area contributed by atoms with Crippen LogP contribution in [-0.2, 0) is 0 Å². The van der Waals surface area contributed by atoms with Crippen molar-refractivity contribution in [3.05, 3.63) is 54.5 Å². The molecule has 33 heavy (non-hydrogen) atoms. The van der Waals surface area contributed by atoms with E-state index in [4.69, 9.17) is 4.74 Å². The molecule has 0 unspecified atom stereocenters. The summed E-state index contributed by atoms with van der Waals surface area (Å²) in [5.41, 5.74) is 1.74. The van der Waals surface area contributed by atoms with E-state index < -0.39 is 6.10 Å². The fourth-order valence-electron chi connectivity index (χ4n) is 4.66. The van der Waals surface area contributed by atoms with Crippen LogP contribution in [0.15, 0.2) is 54.1 Å². The molecule has 8 heteroatoms. The van der Waals surface area contributed by atoms with Gasteiger partial charge in [-0.1, -0.05) is 11.8 Å². The summed E-state index contributed by atoms with van der Waals surface area (Å²) < 4.78 is 5.35. The lowest BCUT2D eigenvalue weighted by Gasteiger charge is -2.38. The number of methoxy groups -OCH3 is 1. The Balaban J connectivity index is 1.30. The highest BCUT2D eigenvalue weighted by Crippen LogP contribution is 2.33. The largest absolute Gasteiger partial charge is 0.497 e. The minimum absolute atomic E-state index is 0.182. The van der Waals surface area contributed by atoms with Crippen LogP contribution in [0.2, 0.25) is 0 Å². The lowest BCUT2D eigenvalue weighted by atomic mass is 9.81. The van der Waals surface area contributed by atoms with Crippen LogP contribution in [0.4, 0.5) is 0 Å². The predicted molar refractivity (Wildman–Crippen MR) is 130 cm³/mol. The van der Waals surface area contributed by atoms with E-state index in [0.717, 1.165) is 65.6 Å². The number of likely N-dealkylation sites (tertiary alicyclic amines) is 1. The Labute approximate surface area is 199 Å². The van der Waals surface area contributed by atoms with Gasteiger partial charge in [0.15, 0.2) is 5.16 Å². The van der Waals surface area contributed by atoms with Gasteiger partial charge in [0, 0.05) is 49.4 Å². The third-order valence-electron chi connectivity index (χ3n) is 6.54. The van der Waals surface area contributed by atoms with E-state index in [9.17, 15) is 10.2 Å². The average molecular weight is 469 g/mol. The summed E-state index contributed by atoms with van der Waals surface area (Å²) in [7, 11) is 1.64. The molecule has 1 aliphatic rings. The first-order chi connectivity index (χ1) is 16.2. The molecule has 1 aliphatic heterocycles. The highest BCUT2D eigenvalue weighted by atomic mass is 32.2. The number of benzene rings is 1. The lowest BCUT2D eigenvalue weighted by molar-refractivity contribution is 0.0608. The Hall–Kier alpha value is -2.26. The number of fused-ring (bicyclic) bond motifs is 1. The molecule has 1 fully saturated rings. The van der Waals surface area contributed by atoms with Crippen molar-refractivity contribution < 1.29 is 14.9 Å². The highest BCUT2D eigenvalue weighted by molar-refractivity contribution is 7.99. The van der Waals surface area contributed by atoms with Crippen LogP contribution in [0.1, 0.15) is 30.9 Å². The zero-order chi connectivity index (χ0) is 23.0. The predicted octanol–water partition coefficient (Wildman–Crippen LogP) is 3.57. The number of hydrogen-bond donors (Lipinski definition) is 2. The van der Waals surface area contributed by atoms with Crippen LogP contribution >= 0.6 is 11.8 Å². The third kappa shape index (κ3) is 6.20. The topological polar surface area (TPSA) is 91.6 Å². The molecule has 0 radical (unpaired) electrons. The van der Waals surface area contributed by atoms with E-state index in [1.807, 2.05) is 30.3 Å². The minimum atomic E-state index is -0.567. The monoisotopic (exact) mass is 468 g/mol. The van der Waals surface area contributed by atoms with E-state index in [0.29, 0.717) is 12.3 Å². The number of pyridine rings is 1. The lowest BCUT2D eigenvalue weighted by Crippen LogP contribution is -2.43. The fraction of sp³-hybridized carbons (Fsp3) is 0.480. The first-order valence-electron chi connectivity index (χ1n) is 11.5. The molecule has 0 aliphatic carbocycles. The average Bonchev–Trinajstić information content (AvgIpc) is 2.87. The van der Waals surface area contributed by atoms with Crippen LogP contribution in [0.25, 0.3) is 10.9 Å².